The number of carbonyl (C=O) groups excluding carboxylic acids is 1. The zero-order chi connectivity index (χ0) is 17.2. The monoisotopic (exact) mass is 379 g/mol. The van der Waals surface area contributed by atoms with Crippen molar-refractivity contribution in [3.8, 4) is 5.75 Å². The fraction of sp³-hybridized carbons (Fsp3) is 0.562. The molecule has 0 radical (unpaired) electrons. The predicted octanol–water partition coefficient (Wildman–Crippen LogP) is 1.36. The summed E-state index contributed by atoms with van der Waals surface area (Å²) in [6, 6.07) is 5.56. The third-order valence-electron chi connectivity index (χ3n) is 4.38. The van der Waals surface area contributed by atoms with Crippen LogP contribution in [0.3, 0.4) is 0 Å². The Bertz CT molecular complexity index is 569. The summed E-state index contributed by atoms with van der Waals surface area (Å²) in [7, 11) is 0. The first-order valence-electron chi connectivity index (χ1n) is 7.99. The van der Waals surface area contributed by atoms with E-state index in [2.05, 4.69) is 10.6 Å². The molecule has 2 aliphatic heterocycles. The molecule has 2 heterocycles. The van der Waals surface area contributed by atoms with Gasteiger partial charge in [0.1, 0.15) is 11.8 Å². The molecule has 0 aromatic heterocycles. The number of hydrogen-bond donors (Lipinski definition) is 2. The standard InChI is InChI=1S/C16H20F3N3O2.ClH/c17-16(18,19)14(22-7-5-20-6-8-22)10-21-15(23)13-9-11-3-1-2-4-12(11)24-13;/h1-4,13-14,20H,5-10H2,(H,21,23);1H. The highest BCUT2D eigenvalue weighted by Crippen LogP contribution is 2.28. The van der Waals surface area contributed by atoms with Crippen molar-refractivity contribution in [2.45, 2.75) is 24.7 Å². The van der Waals surface area contributed by atoms with Crippen LogP contribution < -0.4 is 15.4 Å². The van der Waals surface area contributed by atoms with Crippen LogP contribution >= 0.6 is 12.4 Å². The molecule has 0 aliphatic carbocycles. The largest absolute Gasteiger partial charge is 0.480 e. The molecule has 2 unspecified atom stereocenters. The van der Waals surface area contributed by atoms with Crippen molar-refractivity contribution in [2.75, 3.05) is 32.7 Å². The lowest BCUT2D eigenvalue weighted by Crippen LogP contribution is -2.58. The molecule has 140 valence electrons. The number of halogens is 4. The fourth-order valence-corrected chi connectivity index (χ4v) is 3.09. The van der Waals surface area contributed by atoms with Gasteiger partial charge in [-0.15, -0.1) is 12.4 Å². The van der Waals surface area contributed by atoms with Crippen molar-refractivity contribution in [2.24, 2.45) is 0 Å². The van der Waals surface area contributed by atoms with E-state index in [4.69, 9.17) is 4.74 Å². The molecule has 2 aliphatic rings. The smallest absolute Gasteiger partial charge is 0.405 e. The van der Waals surface area contributed by atoms with Crippen molar-refractivity contribution in [3.05, 3.63) is 29.8 Å². The van der Waals surface area contributed by atoms with Crippen LogP contribution in [-0.2, 0) is 11.2 Å². The van der Waals surface area contributed by atoms with Gasteiger partial charge in [0.2, 0.25) is 0 Å². The molecule has 1 saturated heterocycles. The molecule has 2 atom stereocenters. The van der Waals surface area contributed by atoms with E-state index in [1.165, 1.54) is 4.90 Å². The minimum atomic E-state index is -4.38. The van der Waals surface area contributed by atoms with Gasteiger partial charge in [0.25, 0.3) is 5.91 Å². The quantitative estimate of drug-likeness (QED) is 0.829. The van der Waals surface area contributed by atoms with Crippen molar-refractivity contribution >= 4 is 18.3 Å². The Morgan fingerprint density at radius 3 is 2.64 bits per heavy atom. The van der Waals surface area contributed by atoms with Crippen LogP contribution in [0.2, 0.25) is 0 Å². The SMILES string of the molecule is Cl.O=C(NCC(N1CCNCC1)C(F)(F)F)C1Cc2ccccc2O1. The number of amides is 1. The van der Waals surface area contributed by atoms with E-state index in [1.807, 2.05) is 12.1 Å². The van der Waals surface area contributed by atoms with E-state index in [1.54, 1.807) is 12.1 Å². The predicted molar refractivity (Wildman–Crippen MR) is 89.1 cm³/mol. The fourth-order valence-electron chi connectivity index (χ4n) is 3.09. The van der Waals surface area contributed by atoms with Gasteiger partial charge in [-0.25, -0.2) is 0 Å². The van der Waals surface area contributed by atoms with Gasteiger partial charge in [-0.1, -0.05) is 18.2 Å². The van der Waals surface area contributed by atoms with E-state index in [0.717, 1.165) is 5.56 Å². The molecule has 1 fully saturated rings. The van der Waals surface area contributed by atoms with Crippen molar-refractivity contribution in [3.63, 3.8) is 0 Å². The zero-order valence-corrected chi connectivity index (χ0v) is 14.3. The highest BCUT2D eigenvalue weighted by Gasteiger charge is 2.44. The first kappa shape index (κ1) is 19.8. The topological polar surface area (TPSA) is 53.6 Å². The van der Waals surface area contributed by atoms with Gasteiger partial charge in [-0.2, -0.15) is 13.2 Å². The lowest BCUT2D eigenvalue weighted by molar-refractivity contribution is -0.184. The molecule has 0 bridgehead atoms. The highest BCUT2D eigenvalue weighted by molar-refractivity contribution is 5.85. The minimum Gasteiger partial charge on any atom is -0.480 e. The van der Waals surface area contributed by atoms with E-state index in [-0.39, 0.29) is 12.4 Å². The molecule has 25 heavy (non-hydrogen) atoms. The van der Waals surface area contributed by atoms with Gasteiger partial charge in [0, 0.05) is 39.1 Å². The van der Waals surface area contributed by atoms with Crippen LogP contribution in [0.4, 0.5) is 13.2 Å². The Balaban J connectivity index is 0.00000225. The second-order valence-electron chi connectivity index (χ2n) is 6.01. The molecule has 3 rings (SSSR count). The number of fused-ring (bicyclic) bond motifs is 1. The average Bonchev–Trinajstić information content (AvgIpc) is 2.99. The molecule has 5 nitrogen and oxygen atoms in total. The van der Waals surface area contributed by atoms with Crippen molar-refractivity contribution in [1.29, 1.82) is 0 Å². The van der Waals surface area contributed by atoms with E-state index < -0.39 is 30.8 Å². The Hall–Kier alpha value is -1.51. The van der Waals surface area contributed by atoms with Crippen LogP contribution in [0.25, 0.3) is 0 Å². The summed E-state index contributed by atoms with van der Waals surface area (Å²) in [5.41, 5.74) is 0.895. The van der Waals surface area contributed by atoms with Gasteiger partial charge < -0.3 is 15.4 Å². The number of nitrogens with one attached hydrogen (secondary N) is 2. The Kier molecular flexibility index (Phi) is 6.53. The van der Waals surface area contributed by atoms with Gasteiger partial charge in [-0.3, -0.25) is 9.69 Å². The molecule has 2 N–H and O–H groups in total. The summed E-state index contributed by atoms with van der Waals surface area (Å²) in [5, 5.41) is 5.44. The Morgan fingerprint density at radius 1 is 1.32 bits per heavy atom. The second kappa shape index (κ2) is 8.25. The van der Waals surface area contributed by atoms with Crippen LogP contribution in [0.5, 0.6) is 5.75 Å². The number of benzene rings is 1. The number of ether oxygens (including phenoxy) is 1. The summed E-state index contributed by atoms with van der Waals surface area (Å²) in [6.45, 7) is 1.19. The van der Waals surface area contributed by atoms with Gasteiger partial charge >= 0.3 is 6.18 Å². The lowest BCUT2D eigenvalue weighted by atomic mass is 10.1. The number of piperazine rings is 1. The number of carbonyl (C=O) groups is 1. The van der Waals surface area contributed by atoms with Crippen LogP contribution in [-0.4, -0.2) is 61.9 Å². The average molecular weight is 380 g/mol. The normalized spacial score (nSPS) is 21.6. The number of alkyl halides is 3. The Labute approximate surface area is 150 Å². The molecule has 9 heteroatoms. The van der Waals surface area contributed by atoms with Gasteiger partial charge in [0.15, 0.2) is 6.10 Å². The van der Waals surface area contributed by atoms with Gasteiger partial charge in [-0.05, 0) is 11.6 Å². The molecule has 1 amide bonds. The number of nitrogens with zero attached hydrogens (tertiary/aromatic N) is 1. The summed E-state index contributed by atoms with van der Waals surface area (Å²) in [5.74, 6) is 0.114. The lowest BCUT2D eigenvalue weighted by Gasteiger charge is -2.36. The molecular formula is C16H21ClF3N3O2. The van der Waals surface area contributed by atoms with E-state index >= 15 is 0 Å². The molecular weight excluding hydrogens is 359 g/mol. The molecule has 0 spiro atoms. The van der Waals surface area contributed by atoms with Crippen LogP contribution in [0.15, 0.2) is 24.3 Å². The third-order valence-corrected chi connectivity index (χ3v) is 4.38. The first-order valence-corrected chi connectivity index (χ1v) is 7.99. The molecule has 1 aromatic rings. The molecule has 0 saturated carbocycles. The Morgan fingerprint density at radius 2 is 2.00 bits per heavy atom. The maximum absolute atomic E-state index is 13.3. The number of para-hydroxylation sites is 1. The number of rotatable bonds is 4. The molecule has 1 aromatic carbocycles. The third kappa shape index (κ3) is 4.77. The van der Waals surface area contributed by atoms with Gasteiger partial charge in [0.05, 0.1) is 0 Å². The van der Waals surface area contributed by atoms with Crippen molar-refractivity contribution < 1.29 is 22.7 Å². The zero-order valence-electron chi connectivity index (χ0n) is 13.5. The second-order valence-corrected chi connectivity index (χ2v) is 6.01. The summed E-state index contributed by atoms with van der Waals surface area (Å²) in [4.78, 5) is 13.6. The highest BCUT2D eigenvalue weighted by atomic mass is 35.5. The van der Waals surface area contributed by atoms with E-state index in [9.17, 15) is 18.0 Å². The van der Waals surface area contributed by atoms with Crippen LogP contribution in [0.1, 0.15) is 5.56 Å². The van der Waals surface area contributed by atoms with Crippen molar-refractivity contribution in [1.82, 2.24) is 15.5 Å². The summed E-state index contributed by atoms with van der Waals surface area (Å²) >= 11 is 0. The van der Waals surface area contributed by atoms with E-state index in [0.29, 0.717) is 38.3 Å². The summed E-state index contributed by atoms with van der Waals surface area (Å²) < 4.78 is 45.4. The van der Waals surface area contributed by atoms with Crippen LogP contribution in [0, 0.1) is 0 Å². The first-order chi connectivity index (χ1) is 11.4. The number of hydrogen-bond acceptors (Lipinski definition) is 4. The maximum Gasteiger partial charge on any atom is 0.405 e. The maximum atomic E-state index is 13.3. The summed E-state index contributed by atoms with van der Waals surface area (Å²) in [6.07, 6.45) is -4.77. The minimum absolute atomic E-state index is 0.